The Labute approximate surface area is 166 Å². The highest BCUT2D eigenvalue weighted by Gasteiger charge is 2.29. The molecule has 3 rings (SSSR count). The molecule has 29 heavy (non-hydrogen) atoms. The summed E-state index contributed by atoms with van der Waals surface area (Å²) in [5, 5.41) is 11.4. The van der Waals surface area contributed by atoms with E-state index in [9.17, 15) is 22.8 Å². The predicted octanol–water partition coefficient (Wildman–Crippen LogP) is 2.61. The maximum atomic E-state index is 12.7. The van der Waals surface area contributed by atoms with E-state index in [0.29, 0.717) is 27.6 Å². The van der Waals surface area contributed by atoms with E-state index in [0.717, 1.165) is 0 Å². The Balaban J connectivity index is 1.77. The number of alkyl halides is 3. The molecule has 0 aliphatic rings. The number of rotatable bonds is 7. The van der Waals surface area contributed by atoms with Gasteiger partial charge in [-0.15, -0.1) is 16.8 Å². The first-order valence-electron chi connectivity index (χ1n) is 8.39. The minimum Gasteiger partial charge on any atom is -0.440 e. The molecule has 2 aromatic heterocycles. The van der Waals surface area contributed by atoms with Crippen LogP contribution in [0.1, 0.15) is 0 Å². The zero-order chi connectivity index (χ0) is 21.0. The molecule has 2 heterocycles. The number of hydrogen-bond acceptors (Lipinski definition) is 6. The first-order valence-corrected chi connectivity index (χ1v) is 9.38. The van der Waals surface area contributed by atoms with Gasteiger partial charge in [-0.1, -0.05) is 30.0 Å². The Morgan fingerprint density at radius 2 is 2.07 bits per heavy atom. The number of carbonyl (C=O) groups is 1. The van der Waals surface area contributed by atoms with Gasteiger partial charge >= 0.3 is 12.3 Å². The number of para-hydroxylation sites is 1. The fourth-order valence-electron chi connectivity index (χ4n) is 2.61. The lowest BCUT2D eigenvalue weighted by Crippen LogP contribution is -2.30. The second kappa shape index (κ2) is 8.55. The number of alkyl carbamates (subject to hydrolysis) is 1. The van der Waals surface area contributed by atoms with Crippen molar-refractivity contribution in [2.24, 2.45) is 0 Å². The summed E-state index contributed by atoms with van der Waals surface area (Å²) < 4.78 is 43.3. The van der Waals surface area contributed by atoms with Gasteiger partial charge in [0.05, 0.1) is 10.9 Å². The summed E-state index contributed by atoms with van der Waals surface area (Å²) in [7, 11) is 0. The number of fused-ring (bicyclic) bond motifs is 3. The summed E-state index contributed by atoms with van der Waals surface area (Å²) in [4.78, 5) is 24.0. The van der Waals surface area contributed by atoms with Crippen molar-refractivity contribution in [1.29, 1.82) is 0 Å². The standard InChI is InChI=1S/C17H16F3N5O3S/c1-2-8-24-13(26)11-5-3-4-6-12(11)25-14(24)22-23-15(25)29-9-7-21-16(27)28-10-17(18,19)20/h2-6H,1,7-10H2,(H,21,27). The topological polar surface area (TPSA) is 90.5 Å². The van der Waals surface area contributed by atoms with Crippen LogP contribution >= 0.6 is 11.8 Å². The van der Waals surface area contributed by atoms with Crippen molar-refractivity contribution < 1.29 is 22.7 Å². The lowest BCUT2D eigenvalue weighted by molar-refractivity contribution is -0.160. The number of amides is 1. The number of nitrogens with zero attached hydrogens (tertiary/aromatic N) is 4. The molecule has 1 amide bonds. The molecule has 0 aliphatic heterocycles. The fraction of sp³-hybridized carbons (Fsp3) is 0.294. The predicted molar refractivity (Wildman–Crippen MR) is 101 cm³/mol. The van der Waals surface area contributed by atoms with E-state index in [1.54, 1.807) is 34.7 Å². The van der Waals surface area contributed by atoms with Crippen molar-refractivity contribution in [3.05, 3.63) is 47.3 Å². The summed E-state index contributed by atoms with van der Waals surface area (Å²) in [6.07, 6.45) is -4.15. The third-order valence-corrected chi connectivity index (χ3v) is 4.69. The summed E-state index contributed by atoms with van der Waals surface area (Å²) >= 11 is 1.23. The number of ether oxygens (including phenoxy) is 1. The van der Waals surface area contributed by atoms with Crippen LogP contribution in [0.2, 0.25) is 0 Å². The molecular formula is C17H16F3N5O3S. The highest BCUT2D eigenvalue weighted by atomic mass is 32.2. The molecule has 0 saturated carbocycles. The van der Waals surface area contributed by atoms with Crippen LogP contribution in [-0.4, -0.2) is 50.3 Å². The molecule has 1 N–H and O–H groups in total. The number of carbonyl (C=O) groups excluding carboxylic acids is 1. The van der Waals surface area contributed by atoms with E-state index in [2.05, 4.69) is 26.8 Å². The average molecular weight is 427 g/mol. The summed E-state index contributed by atoms with van der Waals surface area (Å²) in [6, 6.07) is 7.00. The third kappa shape index (κ3) is 4.70. The molecule has 0 atom stereocenters. The summed E-state index contributed by atoms with van der Waals surface area (Å²) in [5.74, 6) is 0.644. The fourth-order valence-corrected chi connectivity index (χ4v) is 3.41. The average Bonchev–Trinajstić information content (AvgIpc) is 3.10. The van der Waals surface area contributed by atoms with Crippen LogP contribution in [0.4, 0.5) is 18.0 Å². The zero-order valence-electron chi connectivity index (χ0n) is 15.0. The van der Waals surface area contributed by atoms with E-state index in [-0.39, 0.29) is 18.6 Å². The molecule has 0 unspecified atom stereocenters. The smallest absolute Gasteiger partial charge is 0.422 e. The van der Waals surface area contributed by atoms with Crippen molar-refractivity contribution in [3.8, 4) is 0 Å². The molecule has 0 aliphatic carbocycles. The van der Waals surface area contributed by atoms with Crippen LogP contribution in [-0.2, 0) is 11.3 Å². The van der Waals surface area contributed by atoms with E-state index in [1.165, 1.54) is 16.3 Å². The quantitative estimate of drug-likeness (QED) is 0.354. The molecule has 12 heteroatoms. The molecule has 1 aromatic carbocycles. The molecule has 3 aromatic rings. The minimum atomic E-state index is -4.57. The Hall–Kier alpha value is -3.02. The number of nitrogens with one attached hydrogen (secondary N) is 1. The molecule has 8 nitrogen and oxygen atoms in total. The number of hydrogen-bond donors (Lipinski definition) is 1. The first kappa shape index (κ1) is 20.7. The van der Waals surface area contributed by atoms with Gasteiger partial charge in [-0.2, -0.15) is 13.2 Å². The second-order valence-corrected chi connectivity index (χ2v) is 6.87. The van der Waals surface area contributed by atoms with Crippen LogP contribution < -0.4 is 10.9 Å². The Morgan fingerprint density at radius 1 is 1.31 bits per heavy atom. The van der Waals surface area contributed by atoms with E-state index < -0.39 is 18.9 Å². The Morgan fingerprint density at radius 3 is 2.79 bits per heavy atom. The minimum absolute atomic E-state index is 0.0561. The van der Waals surface area contributed by atoms with E-state index in [4.69, 9.17) is 0 Å². The largest absolute Gasteiger partial charge is 0.440 e. The SMILES string of the molecule is C=CCn1c(=O)c2ccccc2n2c(SCCNC(=O)OCC(F)(F)F)nnc12. The number of halogens is 3. The van der Waals surface area contributed by atoms with Gasteiger partial charge in [0.1, 0.15) is 0 Å². The first-order chi connectivity index (χ1) is 13.8. The number of benzene rings is 1. The van der Waals surface area contributed by atoms with E-state index in [1.807, 2.05) is 0 Å². The lowest BCUT2D eigenvalue weighted by Gasteiger charge is -2.10. The third-order valence-electron chi connectivity index (χ3n) is 3.76. The van der Waals surface area contributed by atoms with Gasteiger partial charge in [0.15, 0.2) is 11.8 Å². The summed E-state index contributed by atoms with van der Waals surface area (Å²) in [5.41, 5.74) is 0.406. The van der Waals surface area contributed by atoms with Gasteiger partial charge in [-0.25, -0.2) is 4.79 Å². The Kier molecular flexibility index (Phi) is 6.11. The molecule has 0 spiro atoms. The van der Waals surface area contributed by atoms with Crippen LogP contribution in [0, 0.1) is 0 Å². The maximum Gasteiger partial charge on any atom is 0.422 e. The van der Waals surface area contributed by atoms with Crippen molar-refractivity contribution in [3.63, 3.8) is 0 Å². The van der Waals surface area contributed by atoms with Gasteiger partial charge < -0.3 is 10.1 Å². The number of allylic oxidation sites excluding steroid dienone is 1. The zero-order valence-corrected chi connectivity index (χ0v) is 15.8. The van der Waals surface area contributed by atoms with Gasteiger partial charge in [0, 0.05) is 18.8 Å². The number of aromatic nitrogens is 4. The van der Waals surface area contributed by atoms with Crippen LogP contribution in [0.3, 0.4) is 0 Å². The van der Waals surface area contributed by atoms with Crippen molar-refractivity contribution >= 4 is 34.5 Å². The van der Waals surface area contributed by atoms with Gasteiger partial charge in [-0.05, 0) is 12.1 Å². The molecule has 154 valence electrons. The molecular weight excluding hydrogens is 411 g/mol. The Bertz CT molecular complexity index is 1110. The van der Waals surface area contributed by atoms with Gasteiger partial charge in [-0.3, -0.25) is 13.8 Å². The maximum absolute atomic E-state index is 12.7. The molecule has 0 fully saturated rings. The normalized spacial score (nSPS) is 11.7. The lowest BCUT2D eigenvalue weighted by atomic mass is 10.2. The van der Waals surface area contributed by atoms with Gasteiger partial charge in [0.2, 0.25) is 5.78 Å². The van der Waals surface area contributed by atoms with Crippen LogP contribution in [0.25, 0.3) is 16.7 Å². The van der Waals surface area contributed by atoms with Gasteiger partial charge in [0.25, 0.3) is 5.56 Å². The summed E-state index contributed by atoms with van der Waals surface area (Å²) in [6.45, 7) is 2.32. The van der Waals surface area contributed by atoms with Crippen molar-refractivity contribution in [1.82, 2.24) is 24.5 Å². The highest BCUT2D eigenvalue weighted by molar-refractivity contribution is 7.99. The monoisotopic (exact) mass is 427 g/mol. The van der Waals surface area contributed by atoms with Crippen LogP contribution in [0.5, 0.6) is 0 Å². The van der Waals surface area contributed by atoms with E-state index >= 15 is 0 Å². The second-order valence-electron chi connectivity index (χ2n) is 5.81. The molecule has 0 radical (unpaired) electrons. The van der Waals surface area contributed by atoms with Crippen molar-refractivity contribution in [2.75, 3.05) is 18.9 Å². The molecule has 0 bridgehead atoms. The van der Waals surface area contributed by atoms with Crippen molar-refractivity contribution in [2.45, 2.75) is 17.9 Å². The highest BCUT2D eigenvalue weighted by Crippen LogP contribution is 2.21. The number of thioether (sulfide) groups is 1. The van der Waals surface area contributed by atoms with Crippen LogP contribution in [0.15, 0.2) is 46.9 Å². The molecule has 0 saturated heterocycles.